The van der Waals surface area contributed by atoms with Crippen LogP contribution in [-0.4, -0.2) is 31.7 Å². The van der Waals surface area contributed by atoms with E-state index in [2.05, 4.69) is 20.9 Å². The predicted octanol–water partition coefficient (Wildman–Crippen LogP) is 2.45. The molecule has 2 rings (SSSR count). The maximum Gasteiger partial charge on any atom is 0.152 e. The van der Waals surface area contributed by atoms with Gasteiger partial charge in [0.05, 0.1) is 17.0 Å². The molecule has 1 aliphatic heterocycles. The minimum atomic E-state index is -2.89. The van der Waals surface area contributed by atoms with Crippen molar-refractivity contribution in [2.45, 2.75) is 18.9 Å². The number of sulfone groups is 1. The minimum absolute atomic E-state index is 0.160. The van der Waals surface area contributed by atoms with Crippen LogP contribution in [-0.2, 0) is 9.84 Å². The minimum Gasteiger partial charge on any atom is -0.285 e. The molecule has 17 heavy (non-hydrogen) atoms. The molecule has 1 aromatic carbocycles. The zero-order valence-corrected chi connectivity index (χ0v) is 12.0. The van der Waals surface area contributed by atoms with Crippen molar-refractivity contribution in [1.29, 1.82) is 0 Å². The van der Waals surface area contributed by atoms with E-state index >= 15 is 0 Å². The molecule has 1 atom stereocenters. The van der Waals surface area contributed by atoms with Gasteiger partial charge in [-0.05, 0) is 31.0 Å². The van der Waals surface area contributed by atoms with Crippen LogP contribution in [0.2, 0.25) is 0 Å². The number of rotatable bonds is 2. The summed E-state index contributed by atoms with van der Waals surface area (Å²) in [4.78, 5) is 4.43. The van der Waals surface area contributed by atoms with Gasteiger partial charge in [0.15, 0.2) is 9.84 Å². The third kappa shape index (κ3) is 3.39. The Morgan fingerprint density at radius 2 is 2.00 bits per heavy atom. The van der Waals surface area contributed by atoms with Crippen LogP contribution >= 0.6 is 15.9 Å². The topological polar surface area (TPSA) is 46.5 Å². The molecule has 0 N–H and O–H groups in total. The Morgan fingerprint density at radius 1 is 1.35 bits per heavy atom. The Labute approximate surface area is 110 Å². The Bertz CT molecular complexity index is 536. The summed E-state index contributed by atoms with van der Waals surface area (Å²) in [5.74, 6) is 0.411. The van der Waals surface area contributed by atoms with Crippen LogP contribution in [0.1, 0.15) is 18.9 Å². The third-order valence-corrected chi connectivity index (χ3v) is 5.29. The van der Waals surface area contributed by atoms with Crippen LogP contribution < -0.4 is 0 Å². The normalized spacial score (nSPS) is 27.6. The molecule has 0 aromatic heterocycles. The van der Waals surface area contributed by atoms with Gasteiger partial charge in [0.2, 0.25) is 0 Å². The molecular formula is C12H14BrNO2S. The van der Waals surface area contributed by atoms with Gasteiger partial charge in [0, 0.05) is 10.7 Å². The molecule has 5 heteroatoms. The summed E-state index contributed by atoms with van der Waals surface area (Å²) in [7, 11) is -2.89. The molecule has 1 aromatic rings. The van der Waals surface area contributed by atoms with Gasteiger partial charge < -0.3 is 0 Å². The third-order valence-electron chi connectivity index (χ3n) is 2.88. The molecule has 3 nitrogen and oxygen atoms in total. The molecule has 1 heterocycles. The lowest BCUT2D eigenvalue weighted by Gasteiger charge is -2.15. The monoisotopic (exact) mass is 315 g/mol. The molecule has 1 unspecified atom stereocenters. The summed E-state index contributed by atoms with van der Waals surface area (Å²) in [6.45, 7) is 1.90. The maximum absolute atomic E-state index is 11.4. The molecule has 92 valence electrons. The van der Waals surface area contributed by atoms with Crippen molar-refractivity contribution in [2.75, 3.05) is 11.5 Å². The summed E-state index contributed by atoms with van der Waals surface area (Å²) in [6.07, 6.45) is 2.37. The van der Waals surface area contributed by atoms with Gasteiger partial charge in [-0.15, -0.1) is 0 Å². The highest BCUT2D eigenvalue weighted by Gasteiger charge is 2.37. The average Bonchev–Trinajstić information content (AvgIpc) is 2.53. The van der Waals surface area contributed by atoms with E-state index < -0.39 is 15.4 Å². The van der Waals surface area contributed by atoms with Gasteiger partial charge in [-0.3, -0.25) is 4.99 Å². The van der Waals surface area contributed by atoms with E-state index in [-0.39, 0.29) is 11.5 Å². The zero-order chi connectivity index (χ0) is 12.5. The summed E-state index contributed by atoms with van der Waals surface area (Å²) in [5.41, 5.74) is 0.532. The quantitative estimate of drug-likeness (QED) is 0.787. The van der Waals surface area contributed by atoms with Gasteiger partial charge in [0.25, 0.3) is 0 Å². The van der Waals surface area contributed by atoms with Crippen LogP contribution in [0.3, 0.4) is 0 Å². The molecule has 0 bridgehead atoms. The molecule has 0 aliphatic carbocycles. The van der Waals surface area contributed by atoms with Crippen molar-refractivity contribution in [3.05, 3.63) is 34.3 Å². The second-order valence-corrected chi connectivity index (χ2v) is 7.75. The van der Waals surface area contributed by atoms with Crippen LogP contribution in [0.25, 0.3) is 0 Å². The van der Waals surface area contributed by atoms with Gasteiger partial charge in [-0.25, -0.2) is 8.42 Å². The maximum atomic E-state index is 11.4. The molecule has 0 amide bonds. The van der Waals surface area contributed by atoms with Crippen LogP contribution in [0.5, 0.6) is 0 Å². The second kappa shape index (κ2) is 4.53. The summed E-state index contributed by atoms with van der Waals surface area (Å²) in [5, 5.41) is 0. The van der Waals surface area contributed by atoms with Gasteiger partial charge in [-0.2, -0.15) is 0 Å². The van der Waals surface area contributed by atoms with Crippen LogP contribution in [0.4, 0.5) is 0 Å². The van der Waals surface area contributed by atoms with E-state index in [1.165, 1.54) is 0 Å². The molecule has 1 saturated heterocycles. The first kappa shape index (κ1) is 12.8. The standard InChI is InChI=1S/C12H14BrNO2S/c1-12(6-7-17(15,16)9-12)14-8-10-2-4-11(13)5-3-10/h2-5,8H,6-7,9H2,1H3. The first-order valence-electron chi connectivity index (χ1n) is 5.40. The second-order valence-electron chi connectivity index (χ2n) is 4.65. The lowest BCUT2D eigenvalue weighted by molar-refractivity contribution is 0.536. The smallest absolute Gasteiger partial charge is 0.152 e. The Hall–Kier alpha value is -0.680. The van der Waals surface area contributed by atoms with Crippen molar-refractivity contribution >= 4 is 32.0 Å². The lowest BCUT2D eigenvalue weighted by Crippen LogP contribution is -2.23. The van der Waals surface area contributed by atoms with Crippen molar-refractivity contribution in [2.24, 2.45) is 4.99 Å². The van der Waals surface area contributed by atoms with E-state index in [9.17, 15) is 8.42 Å². The first-order chi connectivity index (χ1) is 7.89. The number of aliphatic imine (C=N–C) groups is 1. The van der Waals surface area contributed by atoms with Crippen LogP contribution in [0.15, 0.2) is 33.7 Å². The summed E-state index contributed by atoms with van der Waals surface area (Å²) < 4.78 is 23.9. The summed E-state index contributed by atoms with van der Waals surface area (Å²) >= 11 is 3.36. The fraction of sp³-hybridized carbons (Fsp3) is 0.417. The zero-order valence-electron chi connectivity index (χ0n) is 9.56. The highest BCUT2D eigenvalue weighted by atomic mass is 79.9. The van der Waals surface area contributed by atoms with E-state index in [1.807, 2.05) is 31.2 Å². The molecule has 0 spiro atoms. The molecule has 1 fully saturated rings. The average molecular weight is 316 g/mol. The van der Waals surface area contributed by atoms with Crippen LogP contribution in [0, 0.1) is 0 Å². The SMILES string of the molecule is CC1(N=Cc2ccc(Br)cc2)CCS(=O)(=O)C1. The number of halogens is 1. The van der Waals surface area contributed by atoms with E-state index in [0.29, 0.717) is 6.42 Å². The number of benzene rings is 1. The van der Waals surface area contributed by atoms with Gasteiger partial charge in [-0.1, -0.05) is 28.1 Å². The van der Waals surface area contributed by atoms with Crippen molar-refractivity contribution in [1.82, 2.24) is 0 Å². The van der Waals surface area contributed by atoms with Crippen molar-refractivity contribution in [3.63, 3.8) is 0 Å². The lowest BCUT2D eigenvalue weighted by atomic mass is 10.0. The first-order valence-corrected chi connectivity index (χ1v) is 8.01. The van der Waals surface area contributed by atoms with E-state index in [0.717, 1.165) is 10.0 Å². The molecule has 1 aliphatic rings. The molecular weight excluding hydrogens is 302 g/mol. The fourth-order valence-electron chi connectivity index (χ4n) is 1.87. The molecule has 0 radical (unpaired) electrons. The molecule has 0 saturated carbocycles. The van der Waals surface area contributed by atoms with Gasteiger partial charge >= 0.3 is 0 Å². The van der Waals surface area contributed by atoms with E-state index in [4.69, 9.17) is 0 Å². The highest BCUT2D eigenvalue weighted by Crippen LogP contribution is 2.26. The number of hydrogen-bond donors (Lipinski definition) is 0. The predicted molar refractivity (Wildman–Crippen MR) is 73.4 cm³/mol. The number of hydrogen-bond acceptors (Lipinski definition) is 3. The van der Waals surface area contributed by atoms with Gasteiger partial charge in [0.1, 0.15) is 0 Å². The fourth-order valence-corrected chi connectivity index (χ4v) is 4.20. The highest BCUT2D eigenvalue weighted by molar-refractivity contribution is 9.10. The summed E-state index contributed by atoms with van der Waals surface area (Å²) in [6, 6.07) is 7.77. The number of nitrogens with zero attached hydrogens (tertiary/aromatic N) is 1. The largest absolute Gasteiger partial charge is 0.285 e. The van der Waals surface area contributed by atoms with E-state index in [1.54, 1.807) is 6.21 Å². The Morgan fingerprint density at radius 3 is 2.53 bits per heavy atom. The van der Waals surface area contributed by atoms with Crippen molar-refractivity contribution in [3.8, 4) is 0 Å². The Balaban J connectivity index is 2.14. The van der Waals surface area contributed by atoms with Crippen molar-refractivity contribution < 1.29 is 8.42 Å². The Kier molecular flexibility index (Phi) is 3.41.